The molecule has 0 fully saturated rings. The van der Waals surface area contributed by atoms with Gasteiger partial charge in [0.2, 0.25) is 11.7 Å². The molecule has 0 saturated heterocycles. The standard InChI is InChI=1S/C11H9FN2O3/c12-8-3-1-7(2-4-8)11-13-9(17-14-11)5-6-10(15)16/h1-4H,5-6H2,(H,15,16). The molecule has 0 aliphatic rings. The van der Waals surface area contributed by atoms with Crippen LogP contribution in [0.5, 0.6) is 0 Å². The lowest BCUT2D eigenvalue weighted by atomic mass is 10.2. The van der Waals surface area contributed by atoms with E-state index in [4.69, 9.17) is 9.63 Å². The minimum Gasteiger partial charge on any atom is -0.481 e. The number of aromatic nitrogens is 2. The van der Waals surface area contributed by atoms with Crippen LogP contribution in [0.4, 0.5) is 4.39 Å². The number of aryl methyl sites for hydroxylation is 1. The second kappa shape index (κ2) is 4.73. The normalized spacial score (nSPS) is 10.4. The van der Waals surface area contributed by atoms with E-state index in [1.807, 2.05) is 0 Å². The van der Waals surface area contributed by atoms with Gasteiger partial charge < -0.3 is 9.63 Å². The molecular weight excluding hydrogens is 227 g/mol. The largest absolute Gasteiger partial charge is 0.481 e. The van der Waals surface area contributed by atoms with Gasteiger partial charge in [-0.05, 0) is 24.3 Å². The predicted octanol–water partition coefficient (Wildman–Crippen LogP) is 1.89. The van der Waals surface area contributed by atoms with Crippen molar-refractivity contribution in [1.29, 1.82) is 0 Å². The Balaban J connectivity index is 2.12. The lowest BCUT2D eigenvalue weighted by molar-refractivity contribution is -0.137. The quantitative estimate of drug-likeness (QED) is 0.877. The Kier molecular flexibility index (Phi) is 3.13. The number of benzene rings is 1. The fourth-order valence-electron chi connectivity index (χ4n) is 1.29. The lowest BCUT2D eigenvalue weighted by Gasteiger charge is -1.92. The summed E-state index contributed by atoms with van der Waals surface area (Å²) in [7, 11) is 0. The average molecular weight is 236 g/mol. The van der Waals surface area contributed by atoms with E-state index >= 15 is 0 Å². The SMILES string of the molecule is O=C(O)CCc1nc(-c2ccc(F)cc2)no1. The molecule has 6 heteroatoms. The number of carboxylic acid groups (broad SMARTS) is 1. The van der Waals surface area contributed by atoms with Crippen molar-refractivity contribution in [1.82, 2.24) is 10.1 Å². The summed E-state index contributed by atoms with van der Waals surface area (Å²) in [5, 5.41) is 12.2. The molecule has 0 unspecified atom stereocenters. The molecule has 0 aliphatic heterocycles. The zero-order valence-electron chi connectivity index (χ0n) is 8.76. The molecule has 1 aromatic heterocycles. The van der Waals surface area contributed by atoms with E-state index in [0.29, 0.717) is 11.4 Å². The van der Waals surface area contributed by atoms with E-state index in [9.17, 15) is 9.18 Å². The molecule has 2 aromatic rings. The van der Waals surface area contributed by atoms with E-state index in [1.165, 1.54) is 24.3 Å². The first-order valence-corrected chi connectivity index (χ1v) is 4.95. The van der Waals surface area contributed by atoms with Gasteiger partial charge >= 0.3 is 5.97 Å². The van der Waals surface area contributed by atoms with Crippen LogP contribution in [0, 0.1) is 5.82 Å². The fraction of sp³-hybridized carbons (Fsp3) is 0.182. The minimum absolute atomic E-state index is 0.0644. The number of carboxylic acids is 1. The molecule has 88 valence electrons. The Labute approximate surface area is 95.9 Å². The molecule has 0 bridgehead atoms. The van der Waals surface area contributed by atoms with Crippen molar-refractivity contribution in [2.45, 2.75) is 12.8 Å². The van der Waals surface area contributed by atoms with Crippen LogP contribution in [0.25, 0.3) is 11.4 Å². The average Bonchev–Trinajstić information content (AvgIpc) is 2.76. The topological polar surface area (TPSA) is 76.2 Å². The second-order valence-electron chi connectivity index (χ2n) is 3.41. The molecule has 1 heterocycles. The highest BCUT2D eigenvalue weighted by Gasteiger charge is 2.09. The second-order valence-corrected chi connectivity index (χ2v) is 3.41. The Morgan fingerprint density at radius 3 is 2.71 bits per heavy atom. The maximum Gasteiger partial charge on any atom is 0.303 e. The van der Waals surface area contributed by atoms with Crippen molar-refractivity contribution in [2.24, 2.45) is 0 Å². The van der Waals surface area contributed by atoms with Gasteiger partial charge in [-0.1, -0.05) is 5.16 Å². The van der Waals surface area contributed by atoms with Crippen molar-refractivity contribution in [3.05, 3.63) is 36.0 Å². The summed E-state index contributed by atoms with van der Waals surface area (Å²) in [4.78, 5) is 14.4. The van der Waals surface area contributed by atoms with Crippen LogP contribution < -0.4 is 0 Å². The van der Waals surface area contributed by atoms with Crippen LogP contribution in [0.2, 0.25) is 0 Å². The first kappa shape index (κ1) is 11.3. The number of aliphatic carboxylic acids is 1. The van der Waals surface area contributed by atoms with Crippen LogP contribution >= 0.6 is 0 Å². The molecule has 0 atom stereocenters. The summed E-state index contributed by atoms with van der Waals surface area (Å²) in [6, 6.07) is 5.65. The third-order valence-corrected chi connectivity index (χ3v) is 2.12. The summed E-state index contributed by atoms with van der Waals surface area (Å²) in [6.45, 7) is 0. The van der Waals surface area contributed by atoms with Gasteiger partial charge in [0.25, 0.3) is 0 Å². The van der Waals surface area contributed by atoms with E-state index in [2.05, 4.69) is 10.1 Å². The Bertz CT molecular complexity index is 522. The Hall–Kier alpha value is -2.24. The predicted molar refractivity (Wildman–Crippen MR) is 55.6 cm³/mol. The Morgan fingerprint density at radius 1 is 1.35 bits per heavy atom. The number of hydrogen-bond acceptors (Lipinski definition) is 4. The molecule has 0 spiro atoms. The number of carbonyl (C=O) groups is 1. The van der Waals surface area contributed by atoms with E-state index < -0.39 is 5.97 Å². The van der Waals surface area contributed by atoms with Crippen molar-refractivity contribution < 1.29 is 18.8 Å². The zero-order valence-corrected chi connectivity index (χ0v) is 8.76. The van der Waals surface area contributed by atoms with Gasteiger partial charge in [-0.2, -0.15) is 4.98 Å². The minimum atomic E-state index is -0.925. The summed E-state index contributed by atoms with van der Waals surface area (Å²) >= 11 is 0. The molecule has 0 radical (unpaired) electrons. The molecule has 0 aliphatic carbocycles. The van der Waals surface area contributed by atoms with Gasteiger partial charge in [0.05, 0.1) is 6.42 Å². The smallest absolute Gasteiger partial charge is 0.303 e. The van der Waals surface area contributed by atoms with Gasteiger partial charge in [0, 0.05) is 12.0 Å². The van der Waals surface area contributed by atoms with Crippen LogP contribution in [0.15, 0.2) is 28.8 Å². The van der Waals surface area contributed by atoms with Gasteiger partial charge in [-0.25, -0.2) is 4.39 Å². The molecule has 17 heavy (non-hydrogen) atoms. The van der Waals surface area contributed by atoms with Crippen molar-refractivity contribution in [3.63, 3.8) is 0 Å². The van der Waals surface area contributed by atoms with E-state index in [0.717, 1.165) is 0 Å². The van der Waals surface area contributed by atoms with Crippen LogP contribution in [0.3, 0.4) is 0 Å². The highest BCUT2D eigenvalue weighted by molar-refractivity contribution is 5.66. The summed E-state index contributed by atoms with van der Waals surface area (Å²) < 4.78 is 17.6. The summed E-state index contributed by atoms with van der Waals surface area (Å²) in [5.41, 5.74) is 0.622. The first-order valence-electron chi connectivity index (χ1n) is 4.95. The number of halogens is 1. The summed E-state index contributed by atoms with van der Waals surface area (Å²) in [5.74, 6) is -0.688. The molecule has 5 nitrogen and oxygen atoms in total. The molecule has 1 aromatic carbocycles. The van der Waals surface area contributed by atoms with Crippen molar-refractivity contribution in [2.75, 3.05) is 0 Å². The number of rotatable bonds is 4. The zero-order chi connectivity index (χ0) is 12.3. The van der Waals surface area contributed by atoms with Crippen LogP contribution in [-0.4, -0.2) is 21.2 Å². The van der Waals surface area contributed by atoms with E-state index in [1.54, 1.807) is 0 Å². The highest BCUT2D eigenvalue weighted by atomic mass is 19.1. The van der Waals surface area contributed by atoms with Crippen molar-refractivity contribution >= 4 is 5.97 Å². The van der Waals surface area contributed by atoms with Gasteiger partial charge in [0.15, 0.2) is 0 Å². The lowest BCUT2D eigenvalue weighted by Crippen LogP contribution is -1.97. The molecule has 0 amide bonds. The van der Waals surface area contributed by atoms with Crippen LogP contribution in [0.1, 0.15) is 12.3 Å². The van der Waals surface area contributed by atoms with E-state index in [-0.39, 0.29) is 24.5 Å². The monoisotopic (exact) mass is 236 g/mol. The fourth-order valence-corrected chi connectivity index (χ4v) is 1.29. The Morgan fingerprint density at radius 2 is 2.06 bits per heavy atom. The molecule has 2 rings (SSSR count). The van der Waals surface area contributed by atoms with Gasteiger partial charge in [-0.15, -0.1) is 0 Å². The highest BCUT2D eigenvalue weighted by Crippen LogP contribution is 2.16. The number of nitrogens with zero attached hydrogens (tertiary/aromatic N) is 2. The third kappa shape index (κ3) is 2.87. The number of hydrogen-bond donors (Lipinski definition) is 1. The van der Waals surface area contributed by atoms with Gasteiger partial charge in [-0.3, -0.25) is 4.79 Å². The first-order chi connectivity index (χ1) is 8.15. The molecular formula is C11H9FN2O3. The summed E-state index contributed by atoms with van der Waals surface area (Å²) in [6.07, 6.45) is 0.120. The maximum atomic E-state index is 12.7. The third-order valence-electron chi connectivity index (χ3n) is 2.12. The van der Waals surface area contributed by atoms with Crippen molar-refractivity contribution in [3.8, 4) is 11.4 Å². The van der Waals surface area contributed by atoms with Gasteiger partial charge in [0.1, 0.15) is 5.82 Å². The van der Waals surface area contributed by atoms with Crippen LogP contribution in [-0.2, 0) is 11.2 Å². The maximum absolute atomic E-state index is 12.7. The molecule has 1 N–H and O–H groups in total. The molecule has 0 saturated carbocycles.